The minimum atomic E-state index is -1.69. The fraction of sp³-hybridized carbons (Fsp3) is 0.500. The van der Waals surface area contributed by atoms with E-state index in [1.54, 1.807) is 0 Å². The number of phenols is 2. The average molecular weight is 1050 g/mol. The van der Waals surface area contributed by atoms with Gasteiger partial charge in [0.15, 0.2) is 0 Å². The fourth-order valence-corrected chi connectivity index (χ4v) is 6.97. The van der Waals surface area contributed by atoms with Gasteiger partial charge in [-0.1, -0.05) is 44.5 Å². The van der Waals surface area contributed by atoms with Crippen LogP contribution in [0.2, 0.25) is 0 Å². The van der Waals surface area contributed by atoms with Gasteiger partial charge >= 0.3 is 0 Å². The summed E-state index contributed by atoms with van der Waals surface area (Å²) in [6.07, 6.45) is -0.721. The predicted molar refractivity (Wildman–Crippen MR) is 265 cm³/mol. The molecule has 0 heterocycles. The van der Waals surface area contributed by atoms with Crippen LogP contribution in [0.4, 0.5) is 0 Å². The largest absolute Gasteiger partial charge is 0.508 e. The highest BCUT2D eigenvalue weighted by Crippen LogP contribution is 2.14. The third kappa shape index (κ3) is 22.7. The number of aliphatic hydroxyl groups excluding tert-OH is 1. The number of unbranched alkanes of at least 4 members (excludes halogenated alkanes) is 1. The lowest BCUT2D eigenvalue weighted by Crippen LogP contribution is -2.61. The first kappa shape index (κ1) is 61.8. The molecule has 0 unspecified atom stereocenters. The van der Waals surface area contributed by atoms with Gasteiger partial charge in [0.2, 0.25) is 59.1 Å². The molecule has 0 bridgehead atoms. The molecule has 0 aliphatic heterocycles. The molecule has 2 aromatic rings. The quantitative estimate of drug-likeness (QED) is 0.0185. The van der Waals surface area contributed by atoms with Gasteiger partial charge in [-0.2, -0.15) is 12.6 Å². The summed E-state index contributed by atoms with van der Waals surface area (Å²) >= 11 is 4.02. The van der Waals surface area contributed by atoms with Gasteiger partial charge in [0.05, 0.1) is 38.2 Å². The van der Waals surface area contributed by atoms with Crippen molar-refractivity contribution in [2.45, 2.75) is 108 Å². The molecule has 10 amide bonds. The van der Waals surface area contributed by atoms with Gasteiger partial charge in [-0.15, -0.1) is 0 Å². The third-order valence-corrected chi connectivity index (χ3v) is 11.1. The monoisotopic (exact) mass is 1040 g/mol. The van der Waals surface area contributed by atoms with E-state index < -0.39 is 133 Å². The number of carbonyl (C=O) groups is 11. The normalized spacial score (nSPS) is 14.2. The topological polar surface area (TPSA) is 435 Å². The van der Waals surface area contributed by atoms with Crippen LogP contribution < -0.4 is 65.1 Å². The molecule has 0 radical (unpaired) electrons. The van der Waals surface area contributed by atoms with Gasteiger partial charge in [0.25, 0.3) is 0 Å². The van der Waals surface area contributed by atoms with Crippen molar-refractivity contribution in [3.8, 4) is 11.5 Å². The average Bonchev–Trinajstić information content (AvgIpc) is 3.34. The van der Waals surface area contributed by atoms with Crippen LogP contribution in [0, 0.1) is 5.92 Å². The Balaban J connectivity index is 2.18. The summed E-state index contributed by atoms with van der Waals surface area (Å²) in [7, 11) is 0. The number of thiol groups is 1. The number of phenolic OH excluding ortho intramolecular Hbond substituents is 2. The number of nitrogens with two attached hydrogens (primary N) is 3. The summed E-state index contributed by atoms with van der Waals surface area (Å²) in [6.45, 7) is 2.66. The number of rotatable bonds is 32. The second kappa shape index (κ2) is 31.9. The smallest absolute Gasteiger partial charge is 0.245 e. The van der Waals surface area contributed by atoms with E-state index in [4.69, 9.17) is 17.2 Å². The molecule has 2 aromatic carbocycles. The fourth-order valence-electron chi connectivity index (χ4n) is 6.71. The van der Waals surface area contributed by atoms with Crippen molar-refractivity contribution >= 4 is 78.0 Å². The zero-order valence-corrected chi connectivity index (χ0v) is 41.6. The molecule has 0 aliphatic carbocycles. The maximum Gasteiger partial charge on any atom is 0.245 e. The van der Waals surface area contributed by atoms with Crippen molar-refractivity contribution in [1.82, 2.24) is 47.9 Å². The molecule has 0 fully saturated rings. The first-order valence-electron chi connectivity index (χ1n) is 23.2. The number of hydrogen-bond donors (Lipinski definition) is 16. The molecule has 402 valence electrons. The molecule has 0 aromatic heterocycles. The maximum absolute atomic E-state index is 14.0. The van der Waals surface area contributed by atoms with Gasteiger partial charge in [-0.05, 0) is 67.6 Å². The lowest BCUT2D eigenvalue weighted by molar-refractivity contribution is -0.136. The number of primary amides is 1. The molecule has 73 heavy (non-hydrogen) atoms. The number of aromatic hydroxyl groups is 2. The van der Waals surface area contributed by atoms with Crippen molar-refractivity contribution < 1.29 is 68.1 Å². The number of nitrogens with one attached hydrogen (secondary N) is 9. The van der Waals surface area contributed by atoms with Gasteiger partial charge in [0, 0.05) is 18.6 Å². The Morgan fingerprint density at radius 2 is 1.05 bits per heavy atom. The molecule has 2 rings (SSSR count). The summed E-state index contributed by atoms with van der Waals surface area (Å²) < 4.78 is 0. The molecule has 0 saturated heterocycles. The van der Waals surface area contributed by atoms with E-state index in [0.717, 1.165) is 0 Å². The predicted octanol–water partition coefficient (Wildman–Crippen LogP) is -5.36. The maximum atomic E-state index is 14.0. The standard InChI is InChI=1S/C46H68N12O14S/c1-24(2)38(45(71)58-39(25(3)60)46(72)56-34(23-73)43(69)50-16-17-59)57-37(65)22-52-42(68)33(20-35(49)63)53-36(64)21-51-41(67)31(18-26-7-11-28(61)12-8-26)55-44(70)32(19-27-9-13-29(62)14-10-27)54-40(66)30(48)6-4-5-15-47/h7-14,17,24-25,30-34,38-39,60-62,73H,4-6,15-16,18-23,47-48H2,1-3H3,(H2,49,63)(H,50,69)(H,51,67)(H,52,68)(H,53,64)(H,54,66)(H,55,70)(H,56,72)(H,57,65)(H,58,71)/t25-,30-,31-,32-,33-,34-,38+,39-/m0/s1. The molecule has 0 spiro atoms. The van der Waals surface area contributed by atoms with Gasteiger partial charge in [0.1, 0.15) is 54.0 Å². The summed E-state index contributed by atoms with van der Waals surface area (Å²) in [6, 6.07) is 1.83. The Kier molecular flexibility index (Phi) is 27.0. The van der Waals surface area contributed by atoms with E-state index in [9.17, 15) is 68.1 Å². The SMILES string of the molecule is CC(C)[C@@H](NC(=O)CNC(=O)[C@H](CC(N)=O)NC(=O)CNC(=O)[C@H](Cc1ccc(O)cc1)NC(=O)[C@H](Cc1ccc(O)cc1)NC(=O)[C@@H](N)CCCCN)C(=O)N[C@H](C(=O)N[C@@H](CS)C(=O)NCC=O)[C@H](C)O. The van der Waals surface area contributed by atoms with Crippen LogP contribution in [-0.2, 0) is 65.6 Å². The van der Waals surface area contributed by atoms with Crippen LogP contribution in [0.5, 0.6) is 11.5 Å². The van der Waals surface area contributed by atoms with Crippen molar-refractivity contribution in [2.75, 3.05) is 31.9 Å². The lowest BCUT2D eigenvalue weighted by Gasteiger charge is -2.27. The van der Waals surface area contributed by atoms with E-state index in [1.807, 2.05) is 0 Å². The number of hydrogen-bond acceptors (Lipinski definition) is 17. The first-order valence-corrected chi connectivity index (χ1v) is 23.8. The summed E-state index contributed by atoms with van der Waals surface area (Å²) in [5, 5.41) is 51.3. The molecular weight excluding hydrogens is 977 g/mol. The lowest BCUT2D eigenvalue weighted by atomic mass is 10.0. The van der Waals surface area contributed by atoms with E-state index in [2.05, 4.69) is 60.5 Å². The van der Waals surface area contributed by atoms with Crippen molar-refractivity contribution in [3.05, 3.63) is 59.7 Å². The van der Waals surface area contributed by atoms with Crippen molar-refractivity contribution in [2.24, 2.45) is 23.1 Å². The summed E-state index contributed by atoms with van der Waals surface area (Å²) in [5.41, 5.74) is 18.0. The summed E-state index contributed by atoms with van der Waals surface area (Å²) in [4.78, 5) is 142. The van der Waals surface area contributed by atoms with E-state index in [0.29, 0.717) is 36.8 Å². The van der Waals surface area contributed by atoms with Crippen LogP contribution in [0.25, 0.3) is 0 Å². The zero-order chi connectivity index (χ0) is 54.8. The Morgan fingerprint density at radius 1 is 0.589 bits per heavy atom. The molecule has 26 nitrogen and oxygen atoms in total. The Labute approximate surface area is 426 Å². The van der Waals surface area contributed by atoms with Gasteiger partial charge < -0.3 is 85.2 Å². The van der Waals surface area contributed by atoms with Crippen molar-refractivity contribution in [3.63, 3.8) is 0 Å². The highest BCUT2D eigenvalue weighted by atomic mass is 32.1. The number of aldehydes is 1. The Bertz CT molecular complexity index is 2220. The van der Waals surface area contributed by atoms with E-state index in [1.165, 1.54) is 69.3 Å². The molecular formula is C46H68N12O14S. The number of aliphatic hydroxyl groups is 1. The van der Waals surface area contributed by atoms with Gasteiger partial charge in [-0.25, -0.2) is 0 Å². The van der Waals surface area contributed by atoms with Crippen LogP contribution in [0.15, 0.2) is 48.5 Å². The van der Waals surface area contributed by atoms with E-state index in [-0.39, 0.29) is 43.1 Å². The van der Waals surface area contributed by atoms with Gasteiger partial charge in [-0.3, -0.25) is 47.9 Å². The number of benzene rings is 2. The molecule has 8 atom stereocenters. The highest BCUT2D eigenvalue weighted by Gasteiger charge is 2.34. The van der Waals surface area contributed by atoms with E-state index >= 15 is 0 Å². The minimum Gasteiger partial charge on any atom is -0.508 e. The molecule has 27 heteroatoms. The van der Waals surface area contributed by atoms with Crippen molar-refractivity contribution in [1.29, 1.82) is 0 Å². The van der Waals surface area contributed by atoms with Crippen LogP contribution >= 0.6 is 12.6 Å². The summed E-state index contributed by atoms with van der Waals surface area (Å²) in [5.74, 6) is -10.2. The minimum absolute atomic E-state index is 0.0480. The second-order valence-electron chi connectivity index (χ2n) is 17.2. The zero-order valence-electron chi connectivity index (χ0n) is 40.7. The number of carbonyl (C=O) groups excluding carboxylic acids is 11. The Morgan fingerprint density at radius 3 is 1.53 bits per heavy atom. The van der Waals surface area contributed by atoms with Crippen LogP contribution in [0.1, 0.15) is 57.6 Å². The Hall–Kier alpha value is -7.36. The van der Waals surface area contributed by atoms with Crippen LogP contribution in [-0.4, -0.2) is 161 Å². The highest BCUT2D eigenvalue weighted by molar-refractivity contribution is 7.80. The molecule has 18 N–H and O–H groups in total. The first-order chi connectivity index (χ1) is 34.5. The number of amides is 10. The molecule has 0 saturated carbocycles. The molecule has 0 aliphatic rings. The third-order valence-electron chi connectivity index (χ3n) is 10.7. The second-order valence-corrected chi connectivity index (χ2v) is 17.5. The van der Waals surface area contributed by atoms with Crippen LogP contribution in [0.3, 0.4) is 0 Å².